The van der Waals surface area contributed by atoms with Gasteiger partial charge in [0.2, 0.25) is 5.91 Å². The summed E-state index contributed by atoms with van der Waals surface area (Å²) in [5.74, 6) is 0.00344. The van der Waals surface area contributed by atoms with Crippen LogP contribution >= 0.6 is 0 Å². The second-order valence-corrected chi connectivity index (χ2v) is 6.30. The van der Waals surface area contributed by atoms with E-state index in [0.717, 1.165) is 33.2 Å². The molecule has 2 N–H and O–H groups in total. The van der Waals surface area contributed by atoms with Crippen LogP contribution in [0, 0.1) is 5.92 Å². The summed E-state index contributed by atoms with van der Waals surface area (Å²) in [5, 5.41) is 14.2. The van der Waals surface area contributed by atoms with Crippen molar-refractivity contribution in [1.82, 2.24) is 0 Å². The van der Waals surface area contributed by atoms with Crippen molar-refractivity contribution < 1.29 is 14.3 Å². The van der Waals surface area contributed by atoms with E-state index in [9.17, 15) is 9.90 Å². The van der Waals surface area contributed by atoms with Crippen molar-refractivity contribution >= 4 is 33.5 Å². The van der Waals surface area contributed by atoms with Gasteiger partial charge in [-0.25, -0.2) is 0 Å². The average molecular weight is 311 g/mol. The minimum absolute atomic E-state index is 0.00765. The minimum Gasteiger partial charge on any atom is -0.456 e. The zero-order valence-electron chi connectivity index (χ0n) is 13.6. The molecule has 1 amide bonds. The highest BCUT2D eigenvalue weighted by Gasteiger charge is 2.12. The van der Waals surface area contributed by atoms with Gasteiger partial charge in [0.15, 0.2) is 0 Å². The molecule has 0 spiro atoms. The number of amides is 1. The lowest BCUT2D eigenvalue weighted by Crippen LogP contribution is -2.17. The standard InChI is InChI=1S/C19H21NO3/c1-11(2)19(22)20-14-5-7-18-16(9-14)15-8-13(12(3)10-21)4-6-17(15)23-18/h4-9,11-12,21H,10H2,1-3H3,(H,20,22). The Morgan fingerprint density at radius 1 is 1.09 bits per heavy atom. The third kappa shape index (κ3) is 2.94. The van der Waals surface area contributed by atoms with Crippen LogP contribution in [0.25, 0.3) is 21.9 Å². The number of aliphatic hydroxyl groups is 1. The van der Waals surface area contributed by atoms with Gasteiger partial charge in [-0.15, -0.1) is 0 Å². The third-order valence-corrected chi connectivity index (χ3v) is 4.13. The number of benzene rings is 2. The summed E-state index contributed by atoms with van der Waals surface area (Å²) in [7, 11) is 0. The number of fused-ring (bicyclic) bond motifs is 3. The molecule has 1 aromatic heterocycles. The Hall–Kier alpha value is -2.33. The fraction of sp³-hybridized carbons (Fsp3) is 0.316. The lowest BCUT2D eigenvalue weighted by molar-refractivity contribution is -0.118. The van der Waals surface area contributed by atoms with E-state index >= 15 is 0 Å². The summed E-state index contributed by atoms with van der Waals surface area (Å²) in [4.78, 5) is 11.9. The maximum absolute atomic E-state index is 11.9. The van der Waals surface area contributed by atoms with Crippen LogP contribution in [0.1, 0.15) is 32.3 Å². The molecule has 23 heavy (non-hydrogen) atoms. The zero-order chi connectivity index (χ0) is 16.6. The number of carbonyl (C=O) groups excluding carboxylic acids is 1. The van der Waals surface area contributed by atoms with E-state index in [0.29, 0.717) is 0 Å². The first-order chi connectivity index (χ1) is 11.0. The van der Waals surface area contributed by atoms with Gasteiger partial charge in [0.05, 0.1) is 0 Å². The molecule has 4 nitrogen and oxygen atoms in total. The van der Waals surface area contributed by atoms with Gasteiger partial charge in [-0.05, 0) is 35.9 Å². The number of nitrogens with one attached hydrogen (secondary N) is 1. The lowest BCUT2D eigenvalue weighted by Gasteiger charge is -2.08. The Morgan fingerprint density at radius 3 is 2.39 bits per heavy atom. The largest absolute Gasteiger partial charge is 0.456 e. The van der Waals surface area contributed by atoms with Crippen LogP contribution in [0.4, 0.5) is 5.69 Å². The van der Waals surface area contributed by atoms with Crippen LogP contribution in [0.3, 0.4) is 0 Å². The van der Waals surface area contributed by atoms with Crippen LogP contribution in [0.5, 0.6) is 0 Å². The second-order valence-electron chi connectivity index (χ2n) is 6.30. The maximum atomic E-state index is 11.9. The second kappa shape index (κ2) is 6.05. The molecule has 0 saturated heterocycles. The number of hydrogen-bond acceptors (Lipinski definition) is 3. The molecule has 1 unspecified atom stereocenters. The van der Waals surface area contributed by atoms with Gasteiger partial charge in [0.25, 0.3) is 0 Å². The molecule has 3 rings (SSSR count). The van der Waals surface area contributed by atoms with E-state index < -0.39 is 0 Å². The van der Waals surface area contributed by atoms with Crippen molar-refractivity contribution in [2.24, 2.45) is 5.92 Å². The molecule has 2 aromatic carbocycles. The van der Waals surface area contributed by atoms with E-state index in [1.165, 1.54) is 0 Å². The van der Waals surface area contributed by atoms with Crippen LogP contribution in [-0.2, 0) is 4.79 Å². The number of aliphatic hydroxyl groups excluding tert-OH is 1. The van der Waals surface area contributed by atoms with Gasteiger partial charge in [0, 0.05) is 34.9 Å². The van der Waals surface area contributed by atoms with Crippen molar-refractivity contribution in [2.45, 2.75) is 26.7 Å². The summed E-state index contributed by atoms with van der Waals surface area (Å²) in [5.41, 5.74) is 3.43. The van der Waals surface area contributed by atoms with E-state index in [4.69, 9.17) is 4.42 Å². The quantitative estimate of drug-likeness (QED) is 0.756. The SMILES string of the molecule is CC(C)C(=O)Nc1ccc2oc3ccc(C(C)CO)cc3c2c1. The van der Waals surface area contributed by atoms with E-state index in [-0.39, 0.29) is 24.3 Å². The predicted octanol–water partition coefficient (Wildman–Crippen LogP) is 4.28. The molecule has 3 aromatic rings. The Morgan fingerprint density at radius 2 is 1.74 bits per heavy atom. The van der Waals surface area contributed by atoms with E-state index in [2.05, 4.69) is 11.4 Å². The molecular weight excluding hydrogens is 290 g/mol. The number of carbonyl (C=O) groups is 1. The zero-order valence-corrected chi connectivity index (χ0v) is 13.6. The molecule has 4 heteroatoms. The van der Waals surface area contributed by atoms with Crippen molar-refractivity contribution in [3.8, 4) is 0 Å². The van der Waals surface area contributed by atoms with Gasteiger partial charge in [-0.2, -0.15) is 0 Å². The highest BCUT2D eigenvalue weighted by Crippen LogP contribution is 2.32. The maximum Gasteiger partial charge on any atom is 0.226 e. The van der Waals surface area contributed by atoms with Crippen molar-refractivity contribution in [1.29, 1.82) is 0 Å². The third-order valence-electron chi connectivity index (χ3n) is 4.13. The Balaban J connectivity index is 2.08. The van der Waals surface area contributed by atoms with E-state index in [1.54, 1.807) is 0 Å². The Kier molecular flexibility index (Phi) is 4.09. The van der Waals surface area contributed by atoms with Crippen molar-refractivity contribution in [3.63, 3.8) is 0 Å². The summed E-state index contributed by atoms with van der Waals surface area (Å²) >= 11 is 0. The Labute approximate surface area is 135 Å². The fourth-order valence-electron chi connectivity index (χ4n) is 2.57. The van der Waals surface area contributed by atoms with Gasteiger partial charge < -0.3 is 14.8 Å². The molecule has 0 aliphatic carbocycles. The van der Waals surface area contributed by atoms with Gasteiger partial charge >= 0.3 is 0 Å². The number of rotatable bonds is 4. The monoisotopic (exact) mass is 311 g/mol. The van der Waals surface area contributed by atoms with Crippen LogP contribution in [0.2, 0.25) is 0 Å². The molecule has 0 fully saturated rings. The molecule has 0 bridgehead atoms. The molecule has 0 aliphatic heterocycles. The number of furan rings is 1. The fourth-order valence-corrected chi connectivity index (χ4v) is 2.57. The highest BCUT2D eigenvalue weighted by atomic mass is 16.3. The summed E-state index contributed by atoms with van der Waals surface area (Å²) < 4.78 is 5.85. The summed E-state index contributed by atoms with van der Waals surface area (Å²) in [6, 6.07) is 11.6. The Bertz CT molecular complexity index is 864. The van der Waals surface area contributed by atoms with Gasteiger partial charge in [0.1, 0.15) is 11.2 Å². The first kappa shape index (κ1) is 15.6. The topological polar surface area (TPSA) is 62.5 Å². The van der Waals surface area contributed by atoms with Crippen LogP contribution in [0.15, 0.2) is 40.8 Å². The van der Waals surface area contributed by atoms with E-state index in [1.807, 2.05) is 51.1 Å². The minimum atomic E-state index is -0.0659. The smallest absolute Gasteiger partial charge is 0.226 e. The first-order valence-electron chi connectivity index (χ1n) is 7.87. The summed E-state index contributed by atoms with van der Waals surface area (Å²) in [6.07, 6.45) is 0. The molecule has 120 valence electrons. The number of anilines is 1. The molecule has 0 radical (unpaired) electrons. The van der Waals surface area contributed by atoms with Gasteiger partial charge in [-0.1, -0.05) is 26.8 Å². The van der Waals surface area contributed by atoms with Crippen LogP contribution in [-0.4, -0.2) is 17.6 Å². The van der Waals surface area contributed by atoms with Crippen molar-refractivity contribution in [2.75, 3.05) is 11.9 Å². The summed E-state index contributed by atoms with van der Waals surface area (Å²) in [6.45, 7) is 5.82. The van der Waals surface area contributed by atoms with Crippen molar-refractivity contribution in [3.05, 3.63) is 42.0 Å². The molecule has 1 atom stereocenters. The normalized spacial score (nSPS) is 12.9. The molecule has 0 aliphatic rings. The highest BCUT2D eigenvalue weighted by molar-refractivity contribution is 6.07. The average Bonchev–Trinajstić information content (AvgIpc) is 2.91. The molecule has 1 heterocycles. The van der Waals surface area contributed by atoms with Gasteiger partial charge in [-0.3, -0.25) is 4.79 Å². The predicted molar refractivity (Wildman–Crippen MR) is 92.7 cm³/mol. The molecule has 0 saturated carbocycles. The molecular formula is C19H21NO3. The lowest BCUT2D eigenvalue weighted by atomic mass is 10.00. The first-order valence-corrected chi connectivity index (χ1v) is 7.87. The number of hydrogen-bond donors (Lipinski definition) is 2. The van der Waals surface area contributed by atoms with Crippen LogP contribution < -0.4 is 5.32 Å².